The van der Waals surface area contributed by atoms with Crippen LogP contribution in [0.25, 0.3) is 11.6 Å². The van der Waals surface area contributed by atoms with Crippen LogP contribution in [-0.4, -0.2) is 20.5 Å². The topological polar surface area (TPSA) is 83.1 Å². The molecule has 0 aromatic heterocycles. The molecule has 0 unspecified atom stereocenters. The molecule has 2 aromatic carbocycles. The predicted octanol–water partition coefficient (Wildman–Crippen LogP) is 3.19. The molecule has 0 fully saturated rings. The van der Waals surface area contributed by atoms with E-state index in [1.807, 2.05) is 12.1 Å². The smallest absolute Gasteiger partial charge is 0.150 e. The Bertz CT molecular complexity index is 886. The average molecular weight is 318 g/mol. The van der Waals surface area contributed by atoms with Crippen molar-refractivity contribution in [2.24, 2.45) is 0 Å². The molecule has 24 heavy (non-hydrogen) atoms. The number of carbonyl (C=O) groups is 1. The zero-order chi connectivity index (χ0) is 17.5. The number of ether oxygens (including phenoxy) is 2. The molecule has 5 heteroatoms. The molecule has 0 N–H and O–H groups in total. The fourth-order valence-corrected chi connectivity index (χ4v) is 2.40. The molecule has 0 saturated heterocycles. The van der Waals surface area contributed by atoms with Gasteiger partial charge in [-0.1, -0.05) is 24.3 Å². The SMILES string of the molecule is COc1c(C#N)cccc1/C=C(/C=O)c1cccc(C#N)c1OC. The van der Waals surface area contributed by atoms with Gasteiger partial charge in [-0.3, -0.25) is 4.79 Å². The molecule has 0 spiro atoms. The molecule has 2 aromatic rings. The number of methoxy groups -OCH3 is 2. The minimum Gasteiger partial charge on any atom is -0.495 e. The monoisotopic (exact) mass is 318 g/mol. The quantitative estimate of drug-likeness (QED) is 0.480. The first-order valence-corrected chi connectivity index (χ1v) is 7.01. The zero-order valence-corrected chi connectivity index (χ0v) is 13.2. The normalized spacial score (nSPS) is 10.4. The highest BCUT2D eigenvalue weighted by Gasteiger charge is 2.14. The molecule has 0 aliphatic heterocycles. The summed E-state index contributed by atoms with van der Waals surface area (Å²) in [6, 6.07) is 14.1. The first-order valence-electron chi connectivity index (χ1n) is 7.01. The van der Waals surface area contributed by atoms with Gasteiger partial charge in [0, 0.05) is 16.7 Å². The fraction of sp³-hybridized carbons (Fsp3) is 0.105. The zero-order valence-electron chi connectivity index (χ0n) is 13.2. The summed E-state index contributed by atoms with van der Waals surface area (Å²) in [4.78, 5) is 11.6. The Kier molecular flexibility index (Phi) is 5.33. The van der Waals surface area contributed by atoms with Crippen LogP contribution in [0.5, 0.6) is 11.5 Å². The summed E-state index contributed by atoms with van der Waals surface area (Å²) in [5, 5.41) is 18.3. The molecule has 118 valence electrons. The van der Waals surface area contributed by atoms with Crippen LogP contribution in [0.2, 0.25) is 0 Å². The summed E-state index contributed by atoms with van der Waals surface area (Å²) in [6.07, 6.45) is 2.28. The van der Waals surface area contributed by atoms with Crippen molar-refractivity contribution in [3.63, 3.8) is 0 Å². The van der Waals surface area contributed by atoms with Crippen LogP contribution < -0.4 is 9.47 Å². The van der Waals surface area contributed by atoms with Crippen molar-refractivity contribution in [2.45, 2.75) is 0 Å². The first-order chi connectivity index (χ1) is 11.7. The van der Waals surface area contributed by atoms with Gasteiger partial charge in [-0.15, -0.1) is 0 Å². The Morgan fingerprint density at radius 3 is 2.08 bits per heavy atom. The predicted molar refractivity (Wildman–Crippen MR) is 89.4 cm³/mol. The highest BCUT2D eigenvalue weighted by atomic mass is 16.5. The minimum absolute atomic E-state index is 0.317. The van der Waals surface area contributed by atoms with E-state index in [1.54, 1.807) is 42.5 Å². The Labute approximate surface area is 140 Å². The Balaban J connectivity index is 2.67. The van der Waals surface area contributed by atoms with Crippen molar-refractivity contribution in [3.05, 3.63) is 58.7 Å². The number of aldehydes is 1. The second-order valence-electron chi connectivity index (χ2n) is 4.76. The second-order valence-corrected chi connectivity index (χ2v) is 4.76. The first kappa shape index (κ1) is 16.8. The molecule has 0 bridgehead atoms. The van der Waals surface area contributed by atoms with Crippen molar-refractivity contribution in [3.8, 4) is 23.6 Å². The molecule has 0 amide bonds. The summed E-state index contributed by atoms with van der Waals surface area (Å²) in [6.45, 7) is 0. The third-order valence-electron chi connectivity index (χ3n) is 3.46. The lowest BCUT2D eigenvalue weighted by Crippen LogP contribution is -1.97. The highest BCUT2D eigenvalue weighted by molar-refractivity contribution is 6.14. The minimum atomic E-state index is 0.317. The van der Waals surface area contributed by atoms with E-state index < -0.39 is 0 Å². The number of benzene rings is 2. The van der Waals surface area contributed by atoms with Gasteiger partial charge in [0.05, 0.1) is 25.3 Å². The summed E-state index contributed by atoms with van der Waals surface area (Å²) in [5.41, 5.74) is 2.10. The molecule has 0 heterocycles. The molecule has 0 atom stereocenters. The van der Waals surface area contributed by atoms with Crippen LogP contribution in [-0.2, 0) is 4.79 Å². The van der Waals surface area contributed by atoms with Crippen molar-refractivity contribution in [1.29, 1.82) is 10.5 Å². The number of carbonyl (C=O) groups excluding carboxylic acids is 1. The standard InChI is InChI=1S/C19H14N2O3/c1-23-18-13(5-3-6-14(18)10-20)9-16(12-22)17-8-4-7-15(11-21)19(17)24-2/h3-9,12H,1-2H3/b16-9-. The Morgan fingerprint density at radius 1 is 0.958 bits per heavy atom. The van der Waals surface area contributed by atoms with Gasteiger partial charge in [-0.2, -0.15) is 10.5 Å². The second kappa shape index (κ2) is 7.62. The van der Waals surface area contributed by atoms with Gasteiger partial charge >= 0.3 is 0 Å². The fourth-order valence-electron chi connectivity index (χ4n) is 2.40. The average Bonchev–Trinajstić information content (AvgIpc) is 2.64. The number of nitrogens with zero attached hydrogens (tertiary/aromatic N) is 2. The summed E-state index contributed by atoms with van der Waals surface area (Å²) < 4.78 is 10.6. The summed E-state index contributed by atoms with van der Waals surface area (Å²) >= 11 is 0. The lowest BCUT2D eigenvalue weighted by molar-refractivity contribution is -0.103. The van der Waals surface area contributed by atoms with Crippen molar-refractivity contribution < 1.29 is 14.3 Å². The third kappa shape index (κ3) is 3.11. The van der Waals surface area contributed by atoms with E-state index in [1.165, 1.54) is 14.2 Å². The lowest BCUT2D eigenvalue weighted by atomic mass is 9.99. The van der Waals surface area contributed by atoms with Crippen molar-refractivity contribution in [2.75, 3.05) is 14.2 Å². The van der Waals surface area contributed by atoms with E-state index in [9.17, 15) is 10.1 Å². The van der Waals surface area contributed by atoms with Crippen LogP contribution in [0.4, 0.5) is 0 Å². The van der Waals surface area contributed by atoms with Gasteiger partial charge in [-0.25, -0.2) is 0 Å². The maximum Gasteiger partial charge on any atom is 0.150 e. The lowest BCUT2D eigenvalue weighted by Gasteiger charge is -2.11. The van der Waals surface area contributed by atoms with Crippen molar-refractivity contribution in [1.82, 2.24) is 0 Å². The highest BCUT2D eigenvalue weighted by Crippen LogP contribution is 2.32. The molecule has 0 aliphatic rings. The van der Waals surface area contributed by atoms with Crippen LogP contribution >= 0.6 is 0 Å². The van der Waals surface area contributed by atoms with Gasteiger partial charge in [0.25, 0.3) is 0 Å². The summed E-state index contributed by atoms with van der Waals surface area (Å²) in [7, 11) is 2.91. The Morgan fingerprint density at radius 2 is 1.54 bits per heavy atom. The van der Waals surface area contributed by atoms with Crippen molar-refractivity contribution >= 4 is 17.9 Å². The summed E-state index contributed by atoms with van der Waals surface area (Å²) in [5.74, 6) is 0.712. The maximum absolute atomic E-state index is 11.6. The molecule has 5 nitrogen and oxygen atoms in total. The van der Waals surface area contributed by atoms with Gasteiger partial charge in [0.15, 0.2) is 6.29 Å². The molecule has 0 radical (unpaired) electrons. The number of para-hydroxylation sites is 2. The number of hydrogen-bond donors (Lipinski definition) is 0. The molecular weight excluding hydrogens is 304 g/mol. The molecule has 2 rings (SSSR count). The van der Waals surface area contributed by atoms with E-state index in [0.717, 1.165) is 0 Å². The van der Waals surface area contributed by atoms with Gasteiger partial charge in [0.1, 0.15) is 23.6 Å². The molecule has 0 saturated carbocycles. The van der Waals surface area contributed by atoms with E-state index in [0.29, 0.717) is 45.6 Å². The molecule has 0 aliphatic carbocycles. The van der Waals surface area contributed by atoms with E-state index in [4.69, 9.17) is 14.7 Å². The Hall–Kier alpha value is -3.57. The third-order valence-corrected chi connectivity index (χ3v) is 3.46. The van der Waals surface area contributed by atoms with Gasteiger partial charge in [-0.05, 0) is 18.2 Å². The van der Waals surface area contributed by atoms with Crippen LogP contribution in [0, 0.1) is 22.7 Å². The largest absolute Gasteiger partial charge is 0.495 e. The number of allylic oxidation sites excluding steroid dienone is 1. The van der Waals surface area contributed by atoms with Crippen LogP contribution in [0.1, 0.15) is 22.3 Å². The number of rotatable bonds is 5. The number of hydrogen-bond acceptors (Lipinski definition) is 5. The van der Waals surface area contributed by atoms with E-state index >= 15 is 0 Å². The van der Waals surface area contributed by atoms with Gasteiger partial charge in [0.2, 0.25) is 0 Å². The maximum atomic E-state index is 11.6. The molecular formula is C19H14N2O3. The van der Waals surface area contributed by atoms with E-state index in [-0.39, 0.29) is 0 Å². The van der Waals surface area contributed by atoms with Crippen LogP contribution in [0.15, 0.2) is 36.4 Å². The van der Waals surface area contributed by atoms with Gasteiger partial charge < -0.3 is 9.47 Å². The van der Waals surface area contributed by atoms with E-state index in [2.05, 4.69) is 0 Å². The number of nitriles is 2. The van der Waals surface area contributed by atoms with Crippen LogP contribution in [0.3, 0.4) is 0 Å².